The molecule has 0 spiro atoms. The molecule has 0 amide bonds. The van der Waals surface area contributed by atoms with Crippen molar-refractivity contribution >= 4 is 0 Å². The molecule has 0 aromatic carbocycles. The largest absolute Gasteiger partial charge is 0.315 e. The van der Waals surface area contributed by atoms with Crippen LogP contribution in [-0.2, 0) is 0 Å². The maximum atomic E-state index is 3.58. The Morgan fingerprint density at radius 2 is 1.89 bits per heavy atom. The van der Waals surface area contributed by atoms with E-state index in [1.54, 1.807) is 0 Å². The molecule has 1 saturated heterocycles. The van der Waals surface area contributed by atoms with Crippen LogP contribution in [0.25, 0.3) is 0 Å². The third-order valence-corrected chi connectivity index (χ3v) is 5.62. The van der Waals surface area contributed by atoms with Crippen molar-refractivity contribution in [2.75, 3.05) is 33.7 Å². The predicted octanol–water partition coefficient (Wildman–Crippen LogP) is 2.18. The van der Waals surface area contributed by atoms with Crippen LogP contribution >= 0.6 is 0 Å². The van der Waals surface area contributed by atoms with Crippen LogP contribution in [0.2, 0.25) is 0 Å². The molecule has 1 saturated carbocycles. The molecule has 0 aromatic heterocycles. The second kappa shape index (κ2) is 7.05. The first-order chi connectivity index (χ1) is 9.19. The van der Waals surface area contributed by atoms with Crippen LogP contribution in [0.15, 0.2) is 0 Å². The number of hydrogen-bond acceptors (Lipinski definition) is 3. The normalized spacial score (nSPS) is 38.5. The smallest absolute Gasteiger partial charge is 0.0253 e. The van der Waals surface area contributed by atoms with Crippen molar-refractivity contribution in [3.63, 3.8) is 0 Å². The van der Waals surface area contributed by atoms with Crippen molar-refractivity contribution in [1.82, 2.24) is 15.1 Å². The molecule has 19 heavy (non-hydrogen) atoms. The average Bonchev–Trinajstić information content (AvgIpc) is 2.47. The number of nitrogens with one attached hydrogen (secondary N) is 1. The summed E-state index contributed by atoms with van der Waals surface area (Å²) < 4.78 is 0. The zero-order valence-electron chi connectivity index (χ0n) is 13.4. The lowest BCUT2D eigenvalue weighted by Gasteiger charge is -2.48. The molecule has 4 unspecified atom stereocenters. The highest BCUT2D eigenvalue weighted by Crippen LogP contribution is 2.31. The van der Waals surface area contributed by atoms with Crippen molar-refractivity contribution < 1.29 is 0 Å². The summed E-state index contributed by atoms with van der Waals surface area (Å²) >= 11 is 0. The molecule has 1 aliphatic heterocycles. The zero-order valence-corrected chi connectivity index (χ0v) is 13.4. The topological polar surface area (TPSA) is 18.5 Å². The van der Waals surface area contributed by atoms with Gasteiger partial charge in [0.05, 0.1) is 0 Å². The molecule has 3 heteroatoms. The fraction of sp³-hybridized carbons (Fsp3) is 1.00. The fourth-order valence-electron chi connectivity index (χ4n) is 4.05. The van der Waals surface area contributed by atoms with Gasteiger partial charge in [-0.15, -0.1) is 0 Å². The summed E-state index contributed by atoms with van der Waals surface area (Å²) in [5.74, 6) is 0.953. The second-order valence-corrected chi connectivity index (χ2v) is 6.59. The number of hydrogen-bond donors (Lipinski definition) is 1. The van der Waals surface area contributed by atoms with E-state index in [1.165, 1.54) is 51.7 Å². The van der Waals surface area contributed by atoms with Gasteiger partial charge in [0.15, 0.2) is 0 Å². The summed E-state index contributed by atoms with van der Waals surface area (Å²) in [5, 5.41) is 3.58. The van der Waals surface area contributed by atoms with Gasteiger partial charge in [-0.3, -0.25) is 4.90 Å². The molecule has 2 rings (SSSR count). The minimum absolute atomic E-state index is 0.712. The molecule has 4 atom stereocenters. The molecule has 0 bridgehead atoms. The monoisotopic (exact) mass is 267 g/mol. The standard InChI is InChI=1S/C16H33N3/c1-5-13-7-8-15(17-3)16(11-13)19-10-9-18(4)14(6-2)12-19/h13-17H,5-12H2,1-4H3. The summed E-state index contributed by atoms with van der Waals surface area (Å²) in [6, 6.07) is 2.24. The van der Waals surface area contributed by atoms with E-state index in [0.29, 0.717) is 6.04 Å². The first-order valence-electron chi connectivity index (χ1n) is 8.31. The van der Waals surface area contributed by atoms with Crippen LogP contribution in [0.1, 0.15) is 46.0 Å². The van der Waals surface area contributed by atoms with Gasteiger partial charge in [0.1, 0.15) is 0 Å². The average molecular weight is 267 g/mol. The number of rotatable bonds is 4. The molecule has 2 aliphatic rings. The van der Waals surface area contributed by atoms with E-state index in [4.69, 9.17) is 0 Å². The molecular weight excluding hydrogens is 234 g/mol. The maximum Gasteiger partial charge on any atom is 0.0253 e. The lowest BCUT2D eigenvalue weighted by atomic mass is 9.80. The molecular formula is C16H33N3. The van der Waals surface area contributed by atoms with Gasteiger partial charge in [-0.25, -0.2) is 0 Å². The number of piperazine rings is 1. The first-order valence-corrected chi connectivity index (χ1v) is 8.31. The van der Waals surface area contributed by atoms with Gasteiger partial charge in [-0.05, 0) is 45.7 Å². The number of likely N-dealkylation sites (N-methyl/N-ethyl adjacent to an activating group) is 2. The summed E-state index contributed by atoms with van der Waals surface area (Å²) in [6.45, 7) is 8.46. The Balaban J connectivity index is 2.00. The fourth-order valence-corrected chi connectivity index (χ4v) is 4.05. The van der Waals surface area contributed by atoms with Crippen molar-refractivity contribution in [3.05, 3.63) is 0 Å². The lowest BCUT2D eigenvalue weighted by molar-refractivity contribution is 0.0260. The van der Waals surface area contributed by atoms with Gasteiger partial charge in [0.25, 0.3) is 0 Å². The van der Waals surface area contributed by atoms with E-state index in [2.05, 4.69) is 43.1 Å². The Hall–Kier alpha value is -0.120. The van der Waals surface area contributed by atoms with Crippen molar-refractivity contribution in [2.24, 2.45) is 5.92 Å². The zero-order chi connectivity index (χ0) is 13.8. The summed E-state index contributed by atoms with van der Waals surface area (Å²) in [7, 11) is 4.44. The minimum Gasteiger partial charge on any atom is -0.315 e. The summed E-state index contributed by atoms with van der Waals surface area (Å²) in [5.41, 5.74) is 0. The highest BCUT2D eigenvalue weighted by Gasteiger charge is 2.35. The second-order valence-electron chi connectivity index (χ2n) is 6.59. The molecule has 1 N–H and O–H groups in total. The molecule has 1 heterocycles. The van der Waals surface area contributed by atoms with Gasteiger partial charge in [0.2, 0.25) is 0 Å². The Kier molecular flexibility index (Phi) is 5.67. The van der Waals surface area contributed by atoms with Gasteiger partial charge < -0.3 is 10.2 Å². The summed E-state index contributed by atoms with van der Waals surface area (Å²) in [4.78, 5) is 5.34. The lowest BCUT2D eigenvalue weighted by Crippen LogP contribution is -2.60. The van der Waals surface area contributed by atoms with Crippen molar-refractivity contribution in [1.29, 1.82) is 0 Å². The van der Waals surface area contributed by atoms with Crippen LogP contribution in [0.4, 0.5) is 0 Å². The Bertz CT molecular complexity index is 269. The van der Waals surface area contributed by atoms with Crippen LogP contribution in [0, 0.1) is 5.92 Å². The minimum atomic E-state index is 0.712. The SMILES string of the molecule is CCC1CCC(NC)C(N2CCN(C)C(CC)C2)C1. The van der Waals surface area contributed by atoms with Crippen molar-refractivity contribution in [2.45, 2.75) is 64.1 Å². The van der Waals surface area contributed by atoms with E-state index >= 15 is 0 Å². The molecule has 1 aliphatic carbocycles. The van der Waals surface area contributed by atoms with Gasteiger partial charge >= 0.3 is 0 Å². The third kappa shape index (κ3) is 3.50. The molecule has 112 valence electrons. The van der Waals surface area contributed by atoms with Crippen LogP contribution in [0.5, 0.6) is 0 Å². The van der Waals surface area contributed by atoms with E-state index < -0.39 is 0 Å². The predicted molar refractivity (Wildman–Crippen MR) is 82.5 cm³/mol. The van der Waals surface area contributed by atoms with Gasteiger partial charge in [-0.1, -0.05) is 20.3 Å². The summed E-state index contributed by atoms with van der Waals surface area (Å²) in [6.07, 6.45) is 6.83. The molecule has 2 fully saturated rings. The Morgan fingerprint density at radius 3 is 2.53 bits per heavy atom. The van der Waals surface area contributed by atoms with E-state index in [-0.39, 0.29) is 0 Å². The van der Waals surface area contributed by atoms with Crippen LogP contribution in [0.3, 0.4) is 0 Å². The highest BCUT2D eigenvalue weighted by molar-refractivity contribution is 4.93. The van der Waals surface area contributed by atoms with Crippen LogP contribution < -0.4 is 5.32 Å². The van der Waals surface area contributed by atoms with E-state index in [0.717, 1.165) is 18.0 Å². The van der Waals surface area contributed by atoms with Gasteiger partial charge in [0, 0.05) is 37.8 Å². The van der Waals surface area contributed by atoms with E-state index in [9.17, 15) is 0 Å². The number of nitrogens with zero attached hydrogens (tertiary/aromatic N) is 2. The van der Waals surface area contributed by atoms with Crippen molar-refractivity contribution in [3.8, 4) is 0 Å². The van der Waals surface area contributed by atoms with Gasteiger partial charge in [-0.2, -0.15) is 0 Å². The maximum absolute atomic E-state index is 3.58. The molecule has 3 nitrogen and oxygen atoms in total. The Morgan fingerprint density at radius 1 is 1.11 bits per heavy atom. The van der Waals surface area contributed by atoms with E-state index in [1.807, 2.05) is 0 Å². The quantitative estimate of drug-likeness (QED) is 0.842. The molecule has 0 radical (unpaired) electrons. The third-order valence-electron chi connectivity index (χ3n) is 5.62. The highest BCUT2D eigenvalue weighted by atomic mass is 15.3. The molecule has 0 aromatic rings. The van der Waals surface area contributed by atoms with Crippen LogP contribution in [-0.4, -0.2) is 61.7 Å². The first kappa shape index (κ1) is 15.3. The Labute approximate surface area is 119 Å².